The van der Waals surface area contributed by atoms with Gasteiger partial charge in [0.15, 0.2) is 11.6 Å². The van der Waals surface area contributed by atoms with E-state index in [0.29, 0.717) is 11.6 Å². The quantitative estimate of drug-likeness (QED) is 0.730. The molecule has 0 saturated heterocycles. The van der Waals surface area contributed by atoms with E-state index < -0.39 is 0 Å². The van der Waals surface area contributed by atoms with Crippen molar-refractivity contribution in [3.05, 3.63) is 36.4 Å². The summed E-state index contributed by atoms with van der Waals surface area (Å²) in [6.45, 7) is 6.35. The Morgan fingerprint density at radius 3 is 2.12 bits per heavy atom. The molecule has 16 heavy (non-hydrogen) atoms. The average Bonchev–Trinajstić information content (AvgIpc) is 2.29. The van der Waals surface area contributed by atoms with Crippen molar-refractivity contribution in [1.82, 2.24) is 19.9 Å². The van der Waals surface area contributed by atoms with Gasteiger partial charge < -0.3 is 0 Å². The van der Waals surface area contributed by atoms with Crippen LogP contribution in [0.3, 0.4) is 0 Å². The fraction of sp³-hybridized carbons (Fsp3) is 0.333. The third-order valence-corrected chi connectivity index (χ3v) is 2.19. The second kappa shape index (κ2) is 3.96. The molecule has 4 heteroatoms. The topological polar surface area (TPSA) is 51.6 Å². The molecule has 0 radical (unpaired) electrons. The number of rotatable bonds is 1. The van der Waals surface area contributed by atoms with Crippen LogP contribution in [0.25, 0.3) is 11.6 Å². The molecule has 0 aliphatic rings. The maximum atomic E-state index is 4.48. The van der Waals surface area contributed by atoms with Crippen LogP contribution >= 0.6 is 0 Å². The molecule has 0 fully saturated rings. The van der Waals surface area contributed by atoms with Crippen molar-refractivity contribution in [2.75, 3.05) is 0 Å². The van der Waals surface area contributed by atoms with Gasteiger partial charge in [-0.3, -0.25) is 0 Å². The summed E-state index contributed by atoms with van der Waals surface area (Å²) >= 11 is 0. The first kappa shape index (κ1) is 10.7. The van der Waals surface area contributed by atoms with Gasteiger partial charge >= 0.3 is 0 Å². The highest BCUT2D eigenvalue weighted by molar-refractivity contribution is 5.42. The van der Waals surface area contributed by atoms with E-state index in [1.54, 1.807) is 24.7 Å². The fourth-order valence-corrected chi connectivity index (χ4v) is 1.30. The summed E-state index contributed by atoms with van der Waals surface area (Å²) in [6.07, 6.45) is 5.13. The summed E-state index contributed by atoms with van der Waals surface area (Å²) in [6, 6.07) is 3.70. The van der Waals surface area contributed by atoms with Gasteiger partial charge in [-0.2, -0.15) is 0 Å². The van der Waals surface area contributed by atoms with E-state index in [9.17, 15) is 0 Å². The molecule has 2 aromatic heterocycles. The summed E-state index contributed by atoms with van der Waals surface area (Å²) in [5, 5.41) is 0. The first-order chi connectivity index (χ1) is 7.57. The minimum atomic E-state index is 0.00642. The Labute approximate surface area is 94.8 Å². The third-order valence-electron chi connectivity index (χ3n) is 2.19. The molecule has 0 bridgehead atoms. The van der Waals surface area contributed by atoms with E-state index >= 15 is 0 Å². The maximum absolute atomic E-state index is 4.48. The van der Waals surface area contributed by atoms with Crippen molar-refractivity contribution >= 4 is 0 Å². The Bertz CT molecular complexity index is 474. The summed E-state index contributed by atoms with van der Waals surface area (Å²) in [7, 11) is 0. The Hall–Kier alpha value is -1.84. The minimum Gasteiger partial charge on any atom is -0.234 e. The van der Waals surface area contributed by atoms with Crippen molar-refractivity contribution < 1.29 is 0 Å². The molecule has 0 amide bonds. The van der Waals surface area contributed by atoms with Crippen LogP contribution in [-0.2, 0) is 5.41 Å². The second-order valence-corrected chi connectivity index (χ2v) is 4.59. The van der Waals surface area contributed by atoms with Crippen molar-refractivity contribution in [2.45, 2.75) is 26.2 Å². The van der Waals surface area contributed by atoms with E-state index in [1.165, 1.54) is 0 Å². The number of hydrogen-bond acceptors (Lipinski definition) is 4. The SMILES string of the molecule is CC(C)(C)c1ccnc(-c2ncccn2)n1. The Morgan fingerprint density at radius 2 is 1.50 bits per heavy atom. The van der Waals surface area contributed by atoms with Gasteiger partial charge in [-0.25, -0.2) is 19.9 Å². The molecule has 0 aromatic carbocycles. The monoisotopic (exact) mass is 214 g/mol. The lowest BCUT2D eigenvalue weighted by Gasteiger charge is -2.17. The van der Waals surface area contributed by atoms with Crippen molar-refractivity contribution in [1.29, 1.82) is 0 Å². The molecule has 0 unspecified atom stereocenters. The number of hydrogen-bond donors (Lipinski definition) is 0. The average molecular weight is 214 g/mol. The van der Waals surface area contributed by atoms with Crippen molar-refractivity contribution in [3.8, 4) is 11.6 Å². The van der Waals surface area contributed by atoms with Crippen LogP contribution < -0.4 is 0 Å². The molecule has 0 aliphatic heterocycles. The van der Waals surface area contributed by atoms with E-state index in [-0.39, 0.29) is 5.41 Å². The molecule has 82 valence electrons. The van der Waals surface area contributed by atoms with Crippen molar-refractivity contribution in [2.24, 2.45) is 0 Å². The lowest BCUT2D eigenvalue weighted by atomic mass is 9.92. The third kappa shape index (κ3) is 2.21. The molecule has 2 rings (SSSR count). The molecule has 0 N–H and O–H groups in total. The van der Waals surface area contributed by atoms with Crippen molar-refractivity contribution in [3.63, 3.8) is 0 Å². The van der Waals surface area contributed by atoms with Crippen LogP contribution in [0, 0.1) is 0 Å². The van der Waals surface area contributed by atoms with Gasteiger partial charge in [0.1, 0.15) is 0 Å². The molecule has 0 spiro atoms. The predicted octanol–water partition coefficient (Wildman–Crippen LogP) is 2.23. The van der Waals surface area contributed by atoms with Gasteiger partial charge in [-0.1, -0.05) is 20.8 Å². The lowest BCUT2D eigenvalue weighted by molar-refractivity contribution is 0.567. The first-order valence-corrected chi connectivity index (χ1v) is 5.18. The second-order valence-electron chi connectivity index (χ2n) is 4.59. The smallest absolute Gasteiger partial charge is 0.197 e. The molecule has 4 nitrogen and oxygen atoms in total. The molecular formula is C12H14N4. The first-order valence-electron chi connectivity index (χ1n) is 5.18. The molecule has 2 heterocycles. The molecule has 0 saturated carbocycles. The molecule has 0 atom stereocenters. The zero-order valence-electron chi connectivity index (χ0n) is 9.68. The van der Waals surface area contributed by atoms with Crippen LogP contribution in [-0.4, -0.2) is 19.9 Å². The standard InChI is InChI=1S/C12H14N4/c1-12(2,3)9-5-8-15-11(16-9)10-13-6-4-7-14-10/h4-8H,1-3H3. The molecular weight excluding hydrogens is 200 g/mol. The van der Waals surface area contributed by atoms with Gasteiger partial charge in [0.25, 0.3) is 0 Å². The summed E-state index contributed by atoms with van der Waals surface area (Å²) in [5.41, 5.74) is 0.997. The largest absolute Gasteiger partial charge is 0.234 e. The Kier molecular flexibility index (Phi) is 2.64. The van der Waals surface area contributed by atoms with Gasteiger partial charge in [-0.05, 0) is 12.1 Å². The van der Waals surface area contributed by atoms with Crippen LogP contribution in [0.15, 0.2) is 30.7 Å². The summed E-state index contributed by atoms with van der Waals surface area (Å²) in [4.78, 5) is 16.9. The highest BCUT2D eigenvalue weighted by Gasteiger charge is 2.16. The van der Waals surface area contributed by atoms with Gasteiger partial charge in [0, 0.05) is 29.7 Å². The summed E-state index contributed by atoms with van der Waals surface area (Å²) in [5.74, 6) is 1.14. The zero-order valence-corrected chi connectivity index (χ0v) is 9.68. The minimum absolute atomic E-state index is 0.00642. The molecule has 0 aliphatic carbocycles. The lowest BCUT2D eigenvalue weighted by Crippen LogP contribution is -2.14. The van der Waals surface area contributed by atoms with Crippen LogP contribution in [0.5, 0.6) is 0 Å². The normalized spacial score (nSPS) is 11.4. The maximum Gasteiger partial charge on any atom is 0.197 e. The zero-order chi connectivity index (χ0) is 11.6. The van der Waals surface area contributed by atoms with Crippen LogP contribution in [0.2, 0.25) is 0 Å². The Balaban J connectivity index is 2.45. The fourth-order valence-electron chi connectivity index (χ4n) is 1.30. The predicted molar refractivity (Wildman–Crippen MR) is 61.8 cm³/mol. The van der Waals surface area contributed by atoms with E-state index in [1.807, 2.05) is 6.07 Å². The van der Waals surface area contributed by atoms with E-state index in [4.69, 9.17) is 0 Å². The highest BCUT2D eigenvalue weighted by Crippen LogP contribution is 2.20. The Morgan fingerprint density at radius 1 is 0.875 bits per heavy atom. The van der Waals surface area contributed by atoms with Crippen LogP contribution in [0.1, 0.15) is 26.5 Å². The van der Waals surface area contributed by atoms with Crippen LogP contribution in [0.4, 0.5) is 0 Å². The summed E-state index contributed by atoms with van der Waals surface area (Å²) < 4.78 is 0. The van der Waals surface area contributed by atoms with E-state index in [0.717, 1.165) is 5.69 Å². The van der Waals surface area contributed by atoms with Gasteiger partial charge in [-0.15, -0.1) is 0 Å². The number of aromatic nitrogens is 4. The van der Waals surface area contributed by atoms with E-state index in [2.05, 4.69) is 40.7 Å². The van der Waals surface area contributed by atoms with Gasteiger partial charge in [0.05, 0.1) is 0 Å². The van der Waals surface area contributed by atoms with Gasteiger partial charge in [0.2, 0.25) is 0 Å². The number of nitrogens with zero attached hydrogens (tertiary/aromatic N) is 4. The highest BCUT2D eigenvalue weighted by atomic mass is 15.0. The molecule has 2 aromatic rings.